The molecule has 2 aromatic heterocycles. The minimum atomic E-state index is 0.546. The Balaban J connectivity index is 1.71. The van der Waals surface area contributed by atoms with Crippen molar-refractivity contribution in [2.75, 3.05) is 11.9 Å². The van der Waals surface area contributed by atoms with Gasteiger partial charge in [0, 0.05) is 6.54 Å². The van der Waals surface area contributed by atoms with E-state index in [-0.39, 0.29) is 0 Å². The van der Waals surface area contributed by atoms with Crippen molar-refractivity contribution in [3.8, 4) is 0 Å². The Morgan fingerprint density at radius 2 is 2.22 bits per heavy atom. The maximum absolute atomic E-state index is 5.03. The van der Waals surface area contributed by atoms with E-state index in [0.717, 1.165) is 29.6 Å². The van der Waals surface area contributed by atoms with Crippen LogP contribution in [0.3, 0.4) is 0 Å². The Morgan fingerprint density at radius 3 is 3.11 bits per heavy atom. The van der Waals surface area contributed by atoms with Gasteiger partial charge in [-0.2, -0.15) is 4.98 Å². The van der Waals surface area contributed by atoms with E-state index in [2.05, 4.69) is 27.4 Å². The van der Waals surface area contributed by atoms with Crippen LogP contribution in [-0.2, 0) is 0 Å². The Kier molecular flexibility index (Phi) is 3.13. The van der Waals surface area contributed by atoms with Gasteiger partial charge in [-0.15, -0.1) is 0 Å². The van der Waals surface area contributed by atoms with Gasteiger partial charge in [-0.25, -0.2) is 4.98 Å². The molecule has 1 aliphatic carbocycles. The van der Waals surface area contributed by atoms with E-state index in [1.807, 2.05) is 0 Å². The van der Waals surface area contributed by atoms with Crippen molar-refractivity contribution in [2.45, 2.75) is 32.6 Å². The van der Waals surface area contributed by atoms with E-state index in [0.29, 0.717) is 5.71 Å². The molecular formula is C13H18N4O. The molecule has 0 spiro atoms. The summed E-state index contributed by atoms with van der Waals surface area (Å²) in [6.07, 6.45) is 8.57. The minimum absolute atomic E-state index is 0.546. The summed E-state index contributed by atoms with van der Waals surface area (Å²) in [5, 5.41) is 8.04. The van der Waals surface area contributed by atoms with E-state index in [9.17, 15) is 0 Å². The second-order valence-corrected chi connectivity index (χ2v) is 5.17. The molecule has 5 nitrogen and oxygen atoms in total. The number of hydrogen-bond donors (Lipinski definition) is 1. The molecular weight excluding hydrogens is 228 g/mol. The van der Waals surface area contributed by atoms with E-state index in [1.165, 1.54) is 32.0 Å². The maximum atomic E-state index is 5.03. The molecule has 2 heterocycles. The number of rotatable bonds is 3. The third kappa shape index (κ3) is 2.17. The molecule has 0 radical (unpaired) electrons. The molecule has 0 aliphatic heterocycles. The van der Waals surface area contributed by atoms with Gasteiger partial charge in [0.15, 0.2) is 0 Å². The van der Waals surface area contributed by atoms with Crippen molar-refractivity contribution in [3.63, 3.8) is 0 Å². The fraction of sp³-hybridized carbons (Fsp3) is 0.615. The van der Waals surface area contributed by atoms with E-state index < -0.39 is 0 Å². The summed E-state index contributed by atoms with van der Waals surface area (Å²) in [6, 6.07) is 0. The second kappa shape index (κ2) is 4.92. The van der Waals surface area contributed by atoms with Crippen LogP contribution in [0, 0.1) is 11.8 Å². The zero-order valence-electron chi connectivity index (χ0n) is 10.6. The number of nitrogens with one attached hydrogen (secondary N) is 1. The van der Waals surface area contributed by atoms with Gasteiger partial charge in [0.2, 0.25) is 0 Å². The number of anilines is 1. The van der Waals surface area contributed by atoms with E-state index >= 15 is 0 Å². The lowest BCUT2D eigenvalue weighted by molar-refractivity contribution is 0.268. The highest BCUT2D eigenvalue weighted by Crippen LogP contribution is 2.30. The summed E-state index contributed by atoms with van der Waals surface area (Å²) in [4.78, 5) is 8.30. The van der Waals surface area contributed by atoms with Crippen LogP contribution in [0.1, 0.15) is 32.6 Å². The lowest BCUT2D eigenvalue weighted by Crippen LogP contribution is -2.24. The summed E-state index contributed by atoms with van der Waals surface area (Å²) in [7, 11) is 0. The van der Waals surface area contributed by atoms with Crippen LogP contribution >= 0.6 is 0 Å². The highest BCUT2D eigenvalue weighted by molar-refractivity contribution is 5.84. The van der Waals surface area contributed by atoms with Crippen LogP contribution in [0.5, 0.6) is 0 Å². The van der Waals surface area contributed by atoms with Crippen molar-refractivity contribution < 1.29 is 4.52 Å². The topological polar surface area (TPSA) is 63.8 Å². The van der Waals surface area contributed by atoms with Crippen molar-refractivity contribution in [1.29, 1.82) is 0 Å². The third-order valence-corrected chi connectivity index (χ3v) is 3.99. The van der Waals surface area contributed by atoms with Crippen LogP contribution < -0.4 is 5.32 Å². The molecule has 96 valence electrons. The zero-order valence-corrected chi connectivity index (χ0v) is 10.6. The predicted molar refractivity (Wildman–Crippen MR) is 69.2 cm³/mol. The molecule has 0 unspecified atom stereocenters. The molecule has 0 saturated heterocycles. The first kappa shape index (κ1) is 11.4. The van der Waals surface area contributed by atoms with Gasteiger partial charge >= 0.3 is 0 Å². The van der Waals surface area contributed by atoms with Gasteiger partial charge in [0.05, 0.1) is 6.20 Å². The molecule has 3 rings (SSSR count). The lowest BCUT2D eigenvalue weighted by Gasteiger charge is -2.28. The molecule has 2 aromatic rings. The molecule has 1 N–H and O–H groups in total. The average molecular weight is 246 g/mol. The highest BCUT2D eigenvalue weighted by Gasteiger charge is 2.21. The first-order valence-electron chi connectivity index (χ1n) is 6.64. The van der Waals surface area contributed by atoms with E-state index in [4.69, 9.17) is 4.52 Å². The molecule has 5 heteroatoms. The quantitative estimate of drug-likeness (QED) is 0.902. The van der Waals surface area contributed by atoms with Gasteiger partial charge in [0.1, 0.15) is 17.5 Å². The fourth-order valence-corrected chi connectivity index (χ4v) is 2.76. The normalized spacial score (nSPS) is 24.3. The van der Waals surface area contributed by atoms with Crippen LogP contribution in [0.25, 0.3) is 11.1 Å². The molecule has 1 saturated carbocycles. The van der Waals surface area contributed by atoms with Gasteiger partial charge in [0.25, 0.3) is 5.71 Å². The summed E-state index contributed by atoms with van der Waals surface area (Å²) in [6.45, 7) is 3.32. The highest BCUT2D eigenvalue weighted by atomic mass is 16.5. The van der Waals surface area contributed by atoms with Crippen LogP contribution in [0.15, 0.2) is 17.0 Å². The smallest absolute Gasteiger partial charge is 0.262 e. The Morgan fingerprint density at radius 1 is 1.33 bits per heavy atom. The Bertz CT molecular complexity index is 524. The van der Waals surface area contributed by atoms with Gasteiger partial charge in [-0.1, -0.05) is 31.3 Å². The zero-order chi connectivity index (χ0) is 12.4. The van der Waals surface area contributed by atoms with Gasteiger partial charge < -0.3 is 9.84 Å². The monoisotopic (exact) mass is 246 g/mol. The molecule has 0 bridgehead atoms. The minimum Gasteiger partial charge on any atom is -0.369 e. The van der Waals surface area contributed by atoms with Crippen molar-refractivity contribution in [2.24, 2.45) is 11.8 Å². The molecule has 1 fully saturated rings. The number of fused-ring (bicyclic) bond motifs is 1. The molecule has 0 aromatic carbocycles. The summed E-state index contributed by atoms with van der Waals surface area (Å²) < 4.78 is 5.03. The van der Waals surface area contributed by atoms with Crippen LogP contribution in [-0.4, -0.2) is 21.7 Å². The second-order valence-electron chi connectivity index (χ2n) is 5.17. The van der Waals surface area contributed by atoms with Gasteiger partial charge in [-0.3, -0.25) is 0 Å². The largest absolute Gasteiger partial charge is 0.369 e. The van der Waals surface area contributed by atoms with Crippen molar-refractivity contribution in [1.82, 2.24) is 15.1 Å². The SMILES string of the molecule is C[C@H]1CCCC[C@@H]1CNc1ncnc2oncc12. The van der Waals surface area contributed by atoms with Crippen LogP contribution in [0.2, 0.25) is 0 Å². The van der Waals surface area contributed by atoms with Crippen LogP contribution in [0.4, 0.5) is 5.82 Å². The first-order valence-corrected chi connectivity index (χ1v) is 6.64. The predicted octanol–water partition coefficient (Wildman–Crippen LogP) is 2.86. The standard InChI is InChI=1S/C13H18N4O/c1-9-4-2-3-5-10(9)6-14-12-11-7-17-18-13(11)16-8-15-12/h7-10H,2-6H2,1H3,(H,14,15,16)/t9-,10+/m0/s1. The number of hydrogen-bond acceptors (Lipinski definition) is 5. The van der Waals surface area contributed by atoms with Crippen molar-refractivity contribution >= 4 is 16.9 Å². The molecule has 1 aliphatic rings. The fourth-order valence-electron chi connectivity index (χ4n) is 2.76. The molecule has 18 heavy (non-hydrogen) atoms. The number of aromatic nitrogens is 3. The lowest BCUT2D eigenvalue weighted by atomic mass is 9.80. The average Bonchev–Trinajstić information content (AvgIpc) is 2.86. The summed E-state index contributed by atoms with van der Waals surface area (Å²) in [5.41, 5.74) is 0.546. The molecule has 0 amide bonds. The van der Waals surface area contributed by atoms with Gasteiger partial charge in [-0.05, 0) is 18.3 Å². The Labute approximate surface area is 106 Å². The summed E-state index contributed by atoms with van der Waals surface area (Å²) in [5.74, 6) is 2.37. The third-order valence-electron chi connectivity index (χ3n) is 3.99. The van der Waals surface area contributed by atoms with E-state index in [1.54, 1.807) is 6.20 Å². The molecule has 2 atom stereocenters. The number of nitrogens with zero attached hydrogens (tertiary/aromatic N) is 3. The van der Waals surface area contributed by atoms with Crippen molar-refractivity contribution in [3.05, 3.63) is 12.5 Å². The first-order chi connectivity index (χ1) is 8.84. The maximum Gasteiger partial charge on any atom is 0.262 e. The Hall–Kier alpha value is -1.65. The summed E-state index contributed by atoms with van der Waals surface area (Å²) >= 11 is 0.